The van der Waals surface area contributed by atoms with Crippen LogP contribution in [0.4, 0.5) is 0 Å². The molecule has 9 aromatic carbocycles. The van der Waals surface area contributed by atoms with E-state index < -0.39 is 10.8 Å². The van der Waals surface area contributed by atoms with Gasteiger partial charge in [-0.2, -0.15) is 0 Å². The van der Waals surface area contributed by atoms with Gasteiger partial charge in [0, 0.05) is 5.56 Å². The first kappa shape index (κ1) is 39.2. The number of fused-ring (bicyclic) bond motifs is 3. The summed E-state index contributed by atoms with van der Waals surface area (Å²) in [5.41, 5.74) is 16.4. The summed E-state index contributed by atoms with van der Waals surface area (Å²) in [6.45, 7) is 8.19. The van der Waals surface area contributed by atoms with Crippen LogP contribution in [-0.2, 0) is 5.21 Å². The molecule has 5 heteroatoms. The average Bonchev–Trinajstić information content (AvgIpc) is 3.69. The van der Waals surface area contributed by atoms with E-state index in [0.29, 0.717) is 0 Å². The second-order valence-electron chi connectivity index (χ2n) is 17.8. The number of aryl methyl sites for hydroxylation is 2. The van der Waals surface area contributed by atoms with Crippen LogP contribution in [0, 0.1) is 13.8 Å². The van der Waals surface area contributed by atoms with E-state index in [9.17, 15) is 5.11 Å². The predicted octanol–water partition coefficient (Wildman–Crippen LogP) is 12.5. The summed E-state index contributed by atoms with van der Waals surface area (Å²) < 4.78 is 2.25. The van der Waals surface area contributed by atoms with Gasteiger partial charge in [0.15, 0.2) is 0 Å². The van der Waals surface area contributed by atoms with Crippen molar-refractivity contribution in [3.05, 3.63) is 205 Å². The van der Waals surface area contributed by atoms with Crippen LogP contribution in [0.5, 0.6) is 0 Å². The zero-order valence-corrected chi connectivity index (χ0v) is 36.2. The van der Waals surface area contributed by atoms with Crippen LogP contribution < -0.4 is 0 Å². The number of aliphatic hydroxyl groups is 1. The quantitative estimate of drug-likeness (QED) is 0.123. The lowest BCUT2D eigenvalue weighted by Crippen LogP contribution is -2.50. The molecule has 1 heterocycles. The van der Waals surface area contributed by atoms with Gasteiger partial charge in [-0.1, -0.05) is 164 Å². The minimum Gasteiger partial charge on any atom is -0.391 e. The highest BCUT2D eigenvalue weighted by Gasteiger charge is 2.41. The lowest BCUT2D eigenvalue weighted by molar-refractivity contribution is 0.0575. The molecular weight excluding hydrogens is 750 g/mol. The Morgan fingerprint density at radius 2 is 1.02 bits per heavy atom. The number of nitrogens with zero attached hydrogens (tertiary/aromatic N) is 2. The fraction of sp³-hybridized carbons (Fsp3) is 0.105. The summed E-state index contributed by atoms with van der Waals surface area (Å²) in [5.74, 6) is 0.822. The highest BCUT2D eigenvalue weighted by Crippen LogP contribution is 2.48. The minimum absolute atomic E-state index is 0.656. The lowest BCUT2D eigenvalue weighted by atomic mass is 9.46. The van der Waals surface area contributed by atoms with Crippen LogP contribution in [0.15, 0.2) is 188 Å². The Hall–Kier alpha value is -6.94. The second-order valence-corrected chi connectivity index (χ2v) is 17.8. The van der Waals surface area contributed by atoms with Crippen LogP contribution in [0.1, 0.15) is 30.8 Å². The van der Waals surface area contributed by atoms with Gasteiger partial charge in [-0.3, -0.25) is 4.57 Å². The summed E-state index contributed by atoms with van der Waals surface area (Å²) in [5, 5.41) is 15.7. The van der Waals surface area contributed by atoms with E-state index in [-0.39, 0.29) is 0 Å². The zero-order valence-electron chi connectivity index (χ0n) is 36.2. The first-order valence-corrected chi connectivity index (χ1v) is 21.6. The van der Waals surface area contributed by atoms with Gasteiger partial charge in [-0.25, -0.2) is 4.98 Å². The van der Waals surface area contributed by atoms with E-state index in [1.807, 2.05) is 19.9 Å². The molecule has 1 N–H and O–H groups in total. The molecule has 0 unspecified atom stereocenters. The highest BCUT2D eigenvalue weighted by atomic mass is 16.3. The maximum Gasteiger partial charge on any atom is 0.112 e. The third kappa shape index (κ3) is 6.47. The summed E-state index contributed by atoms with van der Waals surface area (Å²) in [7, 11) is 4.15. The molecule has 62 heavy (non-hydrogen) atoms. The third-order valence-electron chi connectivity index (χ3n) is 13.4. The molecule has 3 nitrogen and oxygen atoms in total. The minimum atomic E-state index is -1.02. The Morgan fingerprint density at radius 3 is 1.76 bits per heavy atom. The number of para-hydroxylation sites is 3. The molecule has 0 aliphatic heterocycles. The van der Waals surface area contributed by atoms with E-state index in [1.165, 1.54) is 71.6 Å². The molecule has 0 spiro atoms. The number of aromatic nitrogens is 2. The fourth-order valence-electron chi connectivity index (χ4n) is 9.37. The SMILES string of the molecule is BC(B)(c1nc2ccccc2n1-c1ccccc1-c1ccc(-c2c3ccccc3c(-c3cccc(C)c3-c3ccccc3C)c3cc(-c4ccccc4)ccc23)cc1)C(C)(C)O. The van der Waals surface area contributed by atoms with E-state index in [4.69, 9.17) is 4.98 Å². The Kier molecular flexibility index (Phi) is 9.61. The van der Waals surface area contributed by atoms with Gasteiger partial charge in [0.1, 0.15) is 21.5 Å². The van der Waals surface area contributed by atoms with Gasteiger partial charge in [-0.15, -0.1) is 0 Å². The molecule has 10 aromatic rings. The van der Waals surface area contributed by atoms with Crippen LogP contribution in [0.25, 0.3) is 93.9 Å². The molecule has 0 saturated heterocycles. The topological polar surface area (TPSA) is 38.0 Å². The molecule has 0 aliphatic rings. The van der Waals surface area contributed by atoms with E-state index in [1.54, 1.807) is 0 Å². The van der Waals surface area contributed by atoms with Gasteiger partial charge in [-0.05, 0) is 140 Å². The maximum absolute atomic E-state index is 11.5. The van der Waals surface area contributed by atoms with Crippen LogP contribution in [-0.4, -0.2) is 36.0 Å². The molecule has 0 saturated carbocycles. The normalized spacial score (nSPS) is 12.1. The first-order chi connectivity index (χ1) is 30.0. The first-order valence-electron chi connectivity index (χ1n) is 21.6. The molecule has 10 rings (SSSR count). The highest BCUT2D eigenvalue weighted by molar-refractivity contribution is 6.41. The lowest BCUT2D eigenvalue weighted by Gasteiger charge is -2.37. The predicted molar refractivity (Wildman–Crippen MR) is 268 cm³/mol. The molecule has 0 radical (unpaired) electrons. The van der Waals surface area contributed by atoms with Gasteiger partial charge in [0.2, 0.25) is 0 Å². The standard InChI is InChI=1S/C57H48B2N2O/c1-36-17-8-9-21-42(36)52-37(2)18-16-25-47(52)54-45-24-11-10-23-44(45)53(46-34-33-41(35-48(46)54)38-19-6-5-7-20-38)40-31-29-39(30-32-40)43-22-12-14-27-50(43)61-51-28-15-13-26-49(51)60-55(61)57(58,59)56(3,4)62/h5-35,62H,58-59H2,1-4H3. The molecule has 0 amide bonds. The number of imidazole rings is 1. The van der Waals surface area contributed by atoms with Gasteiger partial charge >= 0.3 is 0 Å². The van der Waals surface area contributed by atoms with Gasteiger partial charge in [0.25, 0.3) is 0 Å². The van der Waals surface area contributed by atoms with E-state index in [0.717, 1.165) is 39.2 Å². The summed E-state index contributed by atoms with van der Waals surface area (Å²) in [6, 6.07) is 68.1. The Morgan fingerprint density at radius 1 is 0.452 bits per heavy atom. The number of benzene rings is 9. The molecule has 0 bridgehead atoms. The average molecular weight is 799 g/mol. The summed E-state index contributed by atoms with van der Waals surface area (Å²) in [6.07, 6.45) is 0. The number of hydrogen-bond donors (Lipinski definition) is 1. The largest absolute Gasteiger partial charge is 0.391 e. The zero-order chi connectivity index (χ0) is 42.8. The second kappa shape index (κ2) is 15.2. The monoisotopic (exact) mass is 798 g/mol. The smallest absolute Gasteiger partial charge is 0.112 e. The molecule has 0 fully saturated rings. The van der Waals surface area contributed by atoms with Crippen LogP contribution in [0.3, 0.4) is 0 Å². The van der Waals surface area contributed by atoms with Crippen molar-refractivity contribution in [3.63, 3.8) is 0 Å². The van der Waals surface area contributed by atoms with Crippen molar-refractivity contribution in [2.45, 2.75) is 38.5 Å². The summed E-state index contributed by atoms with van der Waals surface area (Å²) in [4.78, 5) is 5.16. The Bertz CT molecular complexity index is 3320. The van der Waals surface area contributed by atoms with Crippen molar-refractivity contribution in [2.24, 2.45) is 0 Å². The molecule has 298 valence electrons. The van der Waals surface area contributed by atoms with E-state index >= 15 is 0 Å². The van der Waals surface area contributed by atoms with Crippen molar-refractivity contribution in [1.29, 1.82) is 0 Å². The molecule has 0 aliphatic carbocycles. The fourth-order valence-corrected chi connectivity index (χ4v) is 9.37. The van der Waals surface area contributed by atoms with Crippen LogP contribution >= 0.6 is 0 Å². The molecule has 0 atom stereocenters. The molecule has 1 aromatic heterocycles. The van der Waals surface area contributed by atoms with Crippen molar-refractivity contribution in [1.82, 2.24) is 9.55 Å². The van der Waals surface area contributed by atoms with Crippen LogP contribution in [0.2, 0.25) is 0 Å². The third-order valence-corrected chi connectivity index (χ3v) is 13.4. The summed E-state index contributed by atoms with van der Waals surface area (Å²) >= 11 is 0. The maximum atomic E-state index is 11.5. The Labute approximate surface area is 366 Å². The Balaban J connectivity index is 1.20. The van der Waals surface area contributed by atoms with Crippen molar-refractivity contribution in [3.8, 4) is 61.3 Å². The molecular formula is C57H48B2N2O. The van der Waals surface area contributed by atoms with Gasteiger partial charge < -0.3 is 5.11 Å². The van der Waals surface area contributed by atoms with E-state index in [2.05, 4.69) is 216 Å². The van der Waals surface area contributed by atoms with Gasteiger partial charge in [0.05, 0.1) is 22.3 Å². The van der Waals surface area contributed by atoms with Crippen molar-refractivity contribution in [2.75, 3.05) is 0 Å². The number of rotatable bonds is 8. The number of hydrogen-bond acceptors (Lipinski definition) is 2. The van der Waals surface area contributed by atoms with Crippen molar-refractivity contribution >= 4 is 48.3 Å². The van der Waals surface area contributed by atoms with Crippen molar-refractivity contribution < 1.29 is 5.11 Å².